The standard InChI is InChI=1S/C21H27N3O6S.ClH/c1-30-18-8-10-19(11-9-18)31(28,29)24(14-15-3-2-12-22-13-15)20(21(26)23-27)16-4-6-17(25)7-5-16;/h2-3,8-13,16-17,20,25,27H,4-7,14H2,1H3,(H,23,26);1H. The predicted molar refractivity (Wildman–Crippen MR) is 119 cm³/mol. The number of rotatable bonds is 8. The first kappa shape index (κ1) is 26.0. The van der Waals surface area contributed by atoms with Crippen molar-refractivity contribution in [3.63, 3.8) is 0 Å². The lowest BCUT2D eigenvalue weighted by Gasteiger charge is -2.37. The van der Waals surface area contributed by atoms with E-state index >= 15 is 0 Å². The molecule has 1 aliphatic carbocycles. The third-order valence-electron chi connectivity index (χ3n) is 5.60. The van der Waals surface area contributed by atoms with Gasteiger partial charge in [-0.2, -0.15) is 4.31 Å². The zero-order chi connectivity index (χ0) is 22.4. The minimum absolute atomic E-state index is 0. The van der Waals surface area contributed by atoms with Crippen LogP contribution in [0.15, 0.2) is 53.7 Å². The highest BCUT2D eigenvalue weighted by Crippen LogP contribution is 2.33. The molecule has 0 spiro atoms. The van der Waals surface area contributed by atoms with Gasteiger partial charge in [-0.3, -0.25) is 15.0 Å². The van der Waals surface area contributed by atoms with Gasteiger partial charge in [0, 0.05) is 18.9 Å². The van der Waals surface area contributed by atoms with Crippen LogP contribution in [0.25, 0.3) is 0 Å². The molecule has 176 valence electrons. The number of pyridine rings is 1. The van der Waals surface area contributed by atoms with Crippen LogP contribution in [0.3, 0.4) is 0 Å². The largest absolute Gasteiger partial charge is 0.497 e. The van der Waals surface area contributed by atoms with Gasteiger partial charge in [0.05, 0.1) is 18.1 Å². The van der Waals surface area contributed by atoms with Crippen molar-refractivity contribution >= 4 is 28.3 Å². The summed E-state index contributed by atoms with van der Waals surface area (Å²) in [4.78, 5) is 16.8. The normalized spacial score (nSPS) is 19.6. The summed E-state index contributed by atoms with van der Waals surface area (Å²) in [5, 5.41) is 19.3. The maximum atomic E-state index is 13.7. The summed E-state index contributed by atoms with van der Waals surface area (Å²) in [7, 11) is -2.64. The lowest BCUT2D eigenvalue weighted by Crippen LogP contribution is -2.53. The molecular weight excluding hydrogens is 458 g/mol. The van der Waals surface area contributed by atoms with Gasteiger partial charge in [-0.05, 0) is 67.5 Å². The molecule has 1 heterocycles. The molecule has 1 saturated carbocycles. The molecule has 3 N–H and O–H groups in total. The third-order valence-corrected chi connectivity index (χ3v) is 7.45. The molecule has 3 rings (SSSR count). The number of methoxy groups -OCH3 is 1. The zero-order valence-corrected chi connectivity index (χ0v) is 19.3. The van der Waals surface area contributed by atoms with Crippen molar-refractivity contribution in [1.29, 1.82) is 0 Å². The molecule has 0 radical (unpaired) electrons. The number of carbonyl (C=O) groups is 1. The second-order valence-corrected chi connectivity index (χ2v) is 9.47. The number of sulfonamides is 1. The third kappa shape index (κ3) is 5.96. The zero-order valence-electron chi connectivity index (χ0n) is 17.6. The number of benzene rings is 1. The Hall–Kier alpha value is -2.24. The topological polar surface area (TPSA) is 129 Å². The Morgan fingerprint density at radius 1 is 1.22 bits per heavy atom. The van der Waals surface area contributed by atoms with Crippen LogP contribution >= 0.6 is 12.4 Å². The fourth-order valence-corrected chi connectivity index (χ4v) is 5.59. The van der Waals surface area contributed by atoms with E-state index in [4.69, 9.17) is 4.74 Å². The van der Waals surface area contributed by atoms with E-state index in [1.807, 2.05) is 0 Å². The molecule has 32 heavy (non-hydrogen) atoms. The average Bonchev–Trinajstić information content (AvgIpc) is 2.80. The molecule has 1 atom stereocenters. The number of aromatic nitrogens is 1. The molecule has 0 bridgehead atoms. The fourth-order valence-electron chi connectivity index (χ4n) is 3.95. The number of aliphatic hydroxyl groups excluding tert-OH is 1. The maximum absolute atomic E-state index is 13.7. The first-order valence-corrected chi connectivity index (χ1v) is 11.5. The number of halogens is 1. The summed E-state index contributed by atoms with van der Waals surface area (Å²) in [6.45, 7) is -0.0979. The summed E-state index contributed by atoms with van der Waals surface area (Å²) < 4.78 is 33.5. The van der Waals surface area contributed by atoms with Crippen molar-refractivity contribution in [2.75, 3.05) is 7.11 Å². The Labute approximate surface area is 193 Å². The molecule has 1 aromatic heterocycles. The van der Waals surface area contributed by atoms with Crippen LogP contribution in [0.2, 0.25) is 0 Å². The number of nitrogens with zero attached hydrogens (tertiary/aromatic N) is 2. The average molecular weight is 486 g/mol. The summed E-state index contributed by atoms with van der Waals surface area (Å²) in [6.07, 6.45) is 4.48. The van der Waals surface area contributed by atoms with Gasteiger partial charge >= 0.3 is 0 Å². The van der Waals surface area contributed by atoms with Crippen LogP contribution in [0.5, 0.6) is 5.75 Å². The summed E-state index contributed by atoms with van der Waals surface area (Å²) >= 11 is 0. The highest BCUT2D eigenvalue weighted by molar-refractivity contribution is 7.89. The van der Waals surface area contributed by atoms with E-state index in [-0.39, 0.29) is 29.8 Å². The molecule has 11 heteroatoms. The highest BCUT2D eigenvalue weighted by Gasteiger charge is 2.42. The van der Waals surface area contributed by atoms with E-state index in [2.05, 4.69) is 4.98 Å². The molecule has 2 aromatic rings. The van der Waals surface area contributed by atoms with Crippen molar-refractivity contribution in [2.45, 2.75) is 49.3 Å². The molecule has 9 nitrogen and oxygen atoms in total. The van der Waals surface area contributed by atoms with Crippen LogP contribution < -0.4 is 10.2 Å². The number of hydrogen-bond acceptors (Lipinski definition) is 7. The number of hydrogen-bond donors (Lipinski definition) is 3. The van der Waals surface area contributed by atoms with Gasteiger partial charge in [-0.15, -0.1) is 12.4 Å². The van der Waals surface area contributed by atoms with Crippen molar-refractivity contribution in [2.24, 2.45) is 5.92 Å². The van der Waals surface area contributed by atoms with Crippen molar-refractivity contribution < 1.29 is 28.3 Å². The fraction of sp³-hybridized carbons (Fsp3) is 0.429. The SMILES string of the molecule is COc1ccc(S(=O)(=O)N(Cc2cccnc2)C(C(=O)NO)C2CCC(O)CC2)cc1.Cl. The van der Waals surface area contributed by atoms with Gasteiger partial charge in [0.15, 0.2) is 0 Å². The van der Waals surface area contributed by atoms with E-state index in [9.17, 15) is 23.5 Å². The minimum atomic E-state index is -4.13. The molecule has 1 aliphatic rings. The van der Waals surface area contributed by atoms with Crippen LogP contribution in [0.4, 0.5) is 0 Å². The minimum Gasteiger partial charge on any atom is -0.497 e. The van der Waals surface area contributed by atoms with Gasteiger partial charge in [0.2, 0.25) is 10.0 Å². The summed E-state index contributed by atoms with van der Waals surface area (Å²) in [6, 6.07) is 8.17. The van der Waals surface area contributed by atoms with Gasteiger partial charge in [0.25, 0.3) is 5.91 Å². The summed E-state index contributed by atoms with van der Waals surface area (Å²) in [5.41, 5.74) is 2.24. The van der Waals surface area contributed by atoms with E-state index < -0.39 is 28.1 Å². The van der Waals surface area contributed by atoms with Crippen LogP contribution in [0, 0.1) is 5.92 Å². The Kier molecular flexibility index (Phi) is 9.41. The van der Waals surface area contributed by atoms with Gasteiger partial charge in [-0.25, -0.2) is 13.9 Å². The van der Waals surface area contributed by atoms with Gasteiger partial charge < -0.3 is 9.84 Å². The Balaban J connectivity index is 0.00000363. The van der Waals surface area contributed by atoms with Crippen molar-refractivity contribution in [3.8, 4) is 5.75 Å². The molecule has 1 aromatic carbocycles. The highest BCUT2D eigenvalue weighted by atomic mass is 35.5. The number of ether oxygens (including phenoxy) is 1. The maximum Gasteiger partial charge on any atom is 0.262 e. The lowest BCUT2D eigenvalue weighted by molar-refractivity contribution is -0.136. The van der Waals surface area contributed by atoms with Gasteiger partial charge in [-0.1, -0.05) is 6.07 Å². The number of hydroxylamine groups is 1. The van der Waals surface area contributed by atoms with Gasteiger partial charge in [0.1, 0.15) is 11.8 Å². The number of aliphatic hydroxyl groups is 1. The van der Waals surface area contributed by atoms with Crippen LogP contribution in [-0.2, 0) is 21.4 Å². The van der Waals surface area contributed by atoms with E-state index in [1.165, 1.54) is 37.6 Å². The Morgan fingerprint density at radius 3 is 2.41 bits per heavy atom. The quantitative estimate of drug-likeness (QED) is 0.385. The Morgan fingerprint density at radius 2 is 1.88 bits per heavy atom. The van der Waals surface area contributed by atoms with E-state index in [0.29, 0.717) is 37.0 Å². The molecule has 1 amide bonds. The number of amides is 1. The first-order valence-electron chi connectivity index (χ1n) is 10.0. The second kappa shape index (κ2) is 11.6. The predicted octanol–water partition coefficient (Wildman–Crippen LogP) is 2.13. The van der Waals surface area contributed by atoms with Crippen molar-refractivity contribution in [3.05, 3.63) is 54.4 Å². The first-order chi connectivity index (χ1) is 14.9. The molecule has 0 saturated heterocycles. The Bertz CT molecular complexity index is 967. The summed E-state index contributed by atoms with van der Waals surface area (Å²) in [5.74, 6) is -0.661. The number of nitrogens with one attached hydrogen (secondary N) is 1. The lowest BCUT2D eigenvalue weighted by atomic mass is 9.82. The van der Waals surface area contributed by atoms with Crippen LogP contribution in [-0.4, -0.2) is 53.2 Å². The molecule has 1 unspecified atom stereocenters. The van der Waals surface area contributed by atoms with Crippen LogP contribution in [0.1, 0.15) is 31.2 Å². The smallest absolute Gasteiger partial charge is 0.262 e. The van der Waals surface area contributed by atoms with Crippen molar-refractivity contribution in [1.82, 2.24) is 14.8 Å². The number of carbonyl (C=O) groups excluding carboxylic acids is 1. The molecule has 0 aliphatic heterocycles. The van der Waals surface area contributed by atoms with E-state index in [0.717, 1.165) is 4.31 Å². The molecule has 1 fully saturated rings. The molecular formula is C21H28ClN3O6S. The monoisotopic (exact) mass is 485 g/mol. The second-order valence-electron chi connectivity index (χ2n) is 7.58. The van der Waals surface area contributed by atoms with E-state index in [1.54, 1.807) is 23.8 Å².